The van der Waals surface area contributed by atoms with Crippen LogP contribution in [0, 0.1) is 5.41 Å². The minimum Gasteiger partial charge on any atom is -0.489 e. The molecule has 7 rings (SSSR count). The van der Waals surface area contributed by atoms with Gasteiger partial charge in [0.1, 0.15) is 23.3 Å². The van der Waals surface area contributed by atoms with Gasteiger partial charge < -0.3 is 35.3 Å². The highest BCUT2D eigenvalue weighted by Crippen LogP contribution is 2.44. The number of aliphatic hydroxyl groups is 1. The number of imidazole rings is 1. The fraction of sp³-hybridized carbons (Fsp3) is 0.424. The summed E-state index contributed by atoms with van der Waals surface area (Å²) in [6.07, 6.45) is 6.34. The molecule has 2 saturated carbocycles. The zero-order valence-corrected chi connectivity index (χ0v) is 26.7. The highest BCUT2D eigenvalue weighted by atomic mass is 32.1. The van der Waals surface area contributed by atoms with Gasteiger partial charge in [0, 0.05) is 60.8 Å². The Morgan fingerprint density at radius 2 is 1.98 bits per heavy atom. The van der Waals surface area contributed by atoms with Crippen molar-refractivity contribution in [1.82, 2.24) is 25.0 Å². The molecule has 4 aromatic rings. The van der Waals surface area contributed by atoms with Crippen molar-refractivity contribution in [2.45, 2.75) is 57.8 Å². The molecule has 0 spiro atoms. The minimum atomic E-state index is -0.540. The number of fused-ring (bicyclic) bond motifs is 4. The molecular formula is C33H38N6O5S. The number of nitrogens with zero attached hydrogens (tertiary/aromatic N) is 3. The van der Waals surface area contributed by atoms with Gasteiger partial charge in [-0.05, 0) is 36.6 Å². The van der Waals surface area contributed by atoms with Crippen LogP contribution in [0.1, 0.15) is 40.0 Å². The normalized spacial score (nSPS) is 19.1. The summed E-state index contributed by atoms with van der Waals surface area (Å²) in [6, 6.07) is 11.3. The topological polar surface area (TPSA) is 131 Å². The molecule has 2 fully saturated rings. The number of hydrogen-bond acceptors (Lipinski definition) is 9. The van der Waals surface area contributed by atoms with Gasteiger partial charge in [0.2, 0.25) is 5.88 Å². The third kappa shape index (κ3) is 6.41. The first-order valence-electron chi connectivity index (χ1n) is 15.2. The Hall–Kier alpha value is -3.97. The van der Waals surface area contributed by atoms with E-state index in [1.807, 2.05) is 53.1 Å². The van der Waals surface area contributed by atoms with E-state index in [2.05, 4.69) is 36.7 Å². The SMILES string of the molecule is COCC(O)CNC1(COc2ccc3c(n2)sc2nc(-c4ccc(NC(=O)NC5=C6CC6OC(C(C)(C)C)=C5)cc4)cn23)CC1. The van der Waals surface area contributed by atoms with Gasteiger partial charge in [0.05, 0.1) is 29.5 Å². The van der Waals surface area contributed by atoms with E-state index in [9.17, 15) is 9.90 Å². The number of pyridine rings is 1. The van der Waals surface area contributed by atoms with Gasteiger partial charge in [-0.25, -0.2) is 14.8 Å². The molecule has 2 amide bonds. The molecule has 2 aliphatic carbocycles. The third-order valence-corrected chi connectivity index (χ3v) is 9.27. The van der Waals surface area contributed by atoms with E-state index in [-0.39, 0.29) is 23.1 Å². The number of carbonyl (C=O) groups excluding carboxylic acids is 1. The number of thiazole rings is 1. The van der Waals surface area contributed by atoms with Gasteiger partial charge in [-0.2, -0.15) is 0 Å². The third-order valence-electron chi connectivity index (χ3n) is 8.31. The van der Waals surface area contributed by atoms with Crippen LogP contribution in [0.3, 0.4) is 0 Å². The summed E-state index contributed by atoms with van der Waals surface area (Å²) < 4.78 is 19.1. The van der Waals surface area contributed by atoms with Crippen molar-refractivity contribution >= 4 is 38.4 Å². The Morgan fingerprint density at radius 3 is 2.71 bits per heavy atom. The monoisotopic (exact) mass is 630 g/mol. The molecule has 0 bridgehead atoms. The van der Waals surface area contributed by atoms with E-state index in [1.165, 1.54) is 11.3 Å². The van der Waals surface area contributed by atoms with Crippen molar-refractivity contribution in [2.24, 2.45) is 5.41 Å². The number of ether oxygens (including phenoxy) is 3. The summed E-state index contributed by atoms with van der Waals surface area (Å²) in [5, 5.41) is 19.3. The van der Waals surface area contributed by atoms with Gasteiger partial charge in [0.25, 0.3) is 0 Å². The average Bonchev–Trinajstić information content (AvgIpc) is 3.89. The lowest BCUT2D eigenvalue weighted by atomic mass is 9.92. The number of rotatable bonds is 11. The fourth-order valence-electron chi connectivity index (χ4n) is 5.38. The maximum atomic E-state index is 12.8. The van der Waals surface area contributed by atoms with Crippen LogP contribution in [0.2, 0.25) is 0 Å². The van der Waals surface area contributed by atoms with Crippen LogP contribution in [-0.2, 0) is 9.47 Å². The van der Waals surface area contributed by atoms with Gasteiger partial charge in [-0.15, -0.1) is 0 Å². The Labute approximate surface area is 265 Å². The Balaban J connectivity index is 0.973. The van der Waals surface area contributed by atoms with Gasteiger partial charge in [0.15, 0.2) is 4.96 Å². The summed E-state index contributed by atoms with van der Waals surface area (Å²) in [4.78, 5) is 24.0. The minimum absolute atomic E-state index is 0.0853. The average molecular weight is 631 g/mol. The smallest absolute Gasteiger partial charge is 0.323 e. The van der Waals surface area contributed by atoms with Crippen LogP contribution < -0.4 is 20.7 Å². The van der Waals surface area contributed by atoms with E-state index in [0.717, 1.165) is 62.9 Å². The number of anilines is 1. The van der Waals surface area contributed by atoms with Crippen LogP contribution >= 0.6 is 11.3 Å². The zero-order valence-electron chi connectivity index (χ0n) is 25.8. The maximum absolute atomic E-state index is 12.8. The zero-order chi connectivity index (χ0) is 31.3. The van der Waals surface area contributed by atoms with Gasteiger partial charge in [-0.3, -0.25) is 4.40 Å². The van der Waals surface area contributed by atoms with Crippen molar-refractivity contribution in [1.29, 1.82) is 0 Å². The van der Waals surface area contributed by atoms with Crippen LogP contribution in [0.25, 0.3) is 26.6 Å². The lowest BCUT2D eigenvalue weighted by Gasteiger charge is -2.26. The van der Waals surface area contributed by atoms with Crippen LogP contribution in [0.5, 0.6) is 5.88 Å². The summed E-state index contributed by atoms with van der Waals surface area (Å²) >= 11 is 1.51. The van der Waals surface area contributed by atoms with E-state index in [1.54, 1.807) is 7.11 Å². The lowest BCUT2D eigenvalue weighted by Crippen LogP contribution is -2.42. The molecule has 236 valence electrons. The molecular weight excluding hydrogens is 592 g/mol. The molecule has 3 aliphatic rings. The molecule has 11 nitrogen and oxygen atoms in total. The molecule has 45 heavy (non-hydrogen) atoms. The molecule has 0 saturated heterocycles. The number of methoxy groups -OCH3 is 1. The van der Waals surface area contributed by atoms with Crippen molar-refractivity contribution in [2.75, 3.05) is 32.2 Å². The van der Waals surface area contributed by atoms with Crippen LogP contribution in [0.15, 0.2) is 65.7 Å². The second-order valence-corrected chi connectivity index (χ2v) is 14.0. The standard InChI is InChI=1S/C33H38N6O5S/c1-32(2,3)27-14-23(22-13-26(22)44-27)36-30(41)35-20-7-5-19(6-8-20)24-16-39-25-9-10-28(38-29(25)45-31(39)37-24)43-18-33(11-12-33)34-15-21(40)17-42-4/h5-10,14,16,21,26,34,40H,11-13,15,17-18H2,1-4H3,(H2,35,36,41). The number of nitrogens with one attached hydrogen (secondary N) is 3. The quantitative estimate of drug-likeness (QED) is 0.177. The second-order valence-electron chi connectivity index (χ2n) is 13.1. The number of aromatic nitrogens is 3. The number of carbonyl (C=O) groups is 1. The Morgan fingerprint density at radius 1 is 1.18 bits per heavy atom. The first-order chi connectivity index (χ1) is 21.6. The van der Waals surface area contributed by atoms with Gasteiger partial charge in [-0.1, -0.05) is 44.2 Å². The largest absolute Gasteiger partial charge is 0.489 e. The van der Waals surface area contributed by atoms with E-state index in [4.69, 9.17) is 24.2 Å². The number of β-amino-alcohol motifs (C(OH)–C–C–N with tert-alkyl or cyclic N) is 1. The number of amides is 2. The van der Waals surface area contributed by atoms with Crippen LogP contribution in [-0.4, -0.2) is 70.1 Å². The summed E-state index contributed by atoms with van der Waals surface area (Å²) in [7, 11) is 1.58. The van der Waals surface area contributed by atoms with E-state index >= 15 is 0 Å². The molecule has 1 aromatic carbocycles. The highest BCUT2D eigenvalue weighted by molar-refractivity contribution is 7.23. The molecule has 12 heteroatoms. The molecule has 1 aliphatic heterocycles. The van der Waals surface area contributed by atoms with Crippen molar-refractivity contribution in [3.05, 3.63) is 65.7 Å². The first-order valence-corrected chi connectivity index (χ1v) is 16.0. The molecule has 0 radical (unpaired) electrons. The number of benzene rings is 1. The number of hydrogen-bond donors (Lipinski definition) is 4. The first kappa shape index (κ1) is 29.7. The van der Waals surface area contributed by atoms with Crippen molar-refractivity contribution in [3.8, 4) is 17.1 Å². The van der Waals surface area contributed by atoms with Crippen LogP contribution in [0.4, 0.5) is 10.5 Å². The van der Waals surface area contributed by atoms with Gasteiger partial charge >= 0.3 is 6.03 Å². The molecule has 2 unspecified atom stereocenters. The molecule has 4 N–H and O–H groups in total. The maximum Gasteiger partial charge on any atom is 0.323 e. The number of allylic oxidation sites excluding steroid dienone is 2. The fourth-order valence-corrected chi connectivity index (χ4v) is 6.35. The molecule has 2 atom stereocenters. The Kier molecular flexibility index (Phi) is 7.55. The Bertz CT molecular complexity index is 1810. The second kappa shape index (κ2) is 11.4. The van der Waals surface area contributed by atoms with Crippen molar-refractivity contribution in [3.63, 3.8) is 0 Å². The molecule has 4 heterocycles. The summed E-state index contributed by atoms with van der Waals surface area (Å²) in [5.41, 5.74) is 5.17. The lowest BCUT2D eigenvalue weighted by molar-refractivity contribution is 0.0602. The molecule has 3 aromatic heterocycles. The van der Waals surface area contributed by atoms with Crippen molar-refractivity contribution < 1.29 is 24.1 Å². The number of urea groups is 1. The highest BCUT2D eigenvalue weighted by Gasteiger charge is 2.44. The summed E-state index contributed by atoms with van der Waals surface area (Å²) in [5.74, 6) is 1.46. The summed E-state index contributed by atoms with van der Waals surface area (Å²) in [6.45, 7) is 7.57. The van der Waals surface area contributed by atoms with E-state index in [0.29, 0.717) is 31.3 Å². The predicted molar refractivity (Wildman–Crippen MR) is 173 cm³/mol. The number of aliphatic hydroxyl groups excluding tert-OH is 1. The van der Waals surface area contributed by atoms with E-state index < -0.39 is 6.10 Å². The predicted octanol–water partition coefficient (Wildman–Crippen LogP) is 5.23.